The second-order valence-electron chi connectivity index (χ2n) is 7.69. The Bertz CT molecular complexity index is 1020. The molecular formula is C22H28ClN5O3. The van der Waals surface area contributed by atoms with Gasteiger partial charge in [-0.15, -0.1) is 0 Å². The Morgan fingerprint density at radius 1 is 1.29 bits per heavy atom. The van der Waals surface area contributed by atoms with Crippen molar-refractivity contribution < 1.29 is 14.3 Å². The highest BCUT2D eigenvalue weighted by atomic mass is 35.5. The number of imidazole rings is 1. The van der Waals surface area contributed by atoms with Gasteiger partial charge >= 0.3 is 6.09 Å². The number of anilines is 1. The first-order valence-corrected chi connectivity index (χ1v) is 10.7. The number of ether oxygens (including phenoxy) is 2. The summed E-state index contributed by atoms with van der Waals surface area (Å²) in [5.74, 6) is 1.25. The summed E-state index contributed by atoms with van der Waals surface area (Å²) >= 11 is 5.98. The molecule has 0 aliphatic carbocycles. The molecular weight excluding hydrogens is 418 g/mol. The van der Waals surface area contributed by atoms with Crippen molar-refractivity contribution in [2.24, 2.45) is 5.92 Å². The van der Waals surface area contributed by atoms with Crippen molar-refractivity contribution in [3.63, 3.8) is 0 Å². The number of rotatable bonds is 10. The number of aryl methyl sites for hydroxylation is 1. The molecule has 0 bridgehead atoms. The standard InChI is InChI=1S/C22H28ClN5O3/c1-15(2)13-31-17-7-5-6-16(10-17)12-25-22(29)30-9-4-3-8-28-14-26-20-18(24)11-19(23)27-21(20)28/h5-7,10-11,14-15H,3-4,8-9,12-13H2,1-2H3,(H2,24,27)(H,25,29). The van der Waals surface area contributed by atoms with Gasteiger partial charge in [0.05, 0.1) is 25.2 Å². The zero-order valence-corrected chi connectivity index (χ0v) is 18.6. The fourth-order valence-corrected chi connectivity index (χ4v) is 3.17. The highest BCUT2D eigenvalue weighted by Gasteiger charge is 2.09. The summed E-state index contributed by atoms with van der Waals surface area (Å²) in [6, 6.07) is 9.26. The molecule has 31 heavy (non-hydrogen) atoms. The molecule has 8 nitrogen and oxygen atoms in total. The maximum absolute atomic E-state index is 11.9. The van der Waals surface area contributed by atoms with Gasteiger partial charge in [0.15, 0.2) is 5.65 Å². The number of carbonyl (C=O) groups is 1. The average molecular weight is 446 g/mol. The quantitative estimate of drug-likeness (QED) is 0.354. The molecule has 2 heterocycles. The molecule has 0 aliphatic rings. The normalized spacial score (nSPS) is 11.1. The SMILES string of the molecule is CC(C)COc1cccc(CNC(=O)OCCCCn2cnc3c(N)cc(Cl)nc32)c1. The summed E-state index contributed by atoms with van der Waals surface area (Å²) in [5.41, 5.74) is 8.67. The van der Waals surface area contributed by atoms with Crippen molar-refractivity contribution in [2.75, 3.05) is 18.9 Å². The Morgan fingerprint density at radius 3 is 2.94 bits per heavy atom. The Labute approximate surface area is 186 Å². The highest BCUT2D eigenvalue weighted by molar-refractivity contribution is 6.30. The molecule has 0 unspecified atom stereocenters. The molecule has 0 saturated carbocycles. The van der Waals surface area contributed by atoms with E-state index < -0.39 is 6.09 Å². The van der Waals surface area contributed by atoms with Crippen molar-refractivity contribution in [2.45, 2.75) is 39.8 Å². The van der Waals surface area contributed by atoms with Gasteiger partial charge in [-0.3, -0.25) is 0 Å². The number of hydrogen-bond acceptors (Lipinski definition) is 6. The molecule has 3 aromatic rings. The van der Waals surface area contributed by atoms with Crippen LogP contribution in [0.5, 0.6) is 5.75 Å². The third kappa shape index (κ3) is 6.75. The maximum Gasteiger partial charge on any atom is 0.407 e. The van der Waals surface area contributed by atoms with Crippen molar-refractivity contribution in [3.8, 4) is 5.75 Å². The average Bonchev–Trinajstić information content (AvgIpc) is 3.14. The van der Waals surface area contributed by atoms with E-state index in [2.05, 4.69) is 29.1 Å². The van der Waals surface area contributed by atoms with E-state index in [1.54, 1.807) is 12.4 Å². The molecule has 0 atom stereocenters. The predicted molar refractivity (Wildman–Crippen MR) is 121 cm³/mol. The van der Waals surface area contributed by atoms with E-state index in [1.807, 2.05) is 28.8 Å². The molecule has 9 heteroatoms. The number of halogens is 1. The van der Waals surface area contributed by atoms with Crippen molar-refractivity contribution in [1.82, 2.24) is 19.9 Å². The highest BCUT2D eigenvalue weighted by Crippen LogP contribution is 2.21. The van der Waals surface area contributed by atoms with E-state index in [9.17, 15) is 4.79 Å². The van der Waals surface area contributed by atoms with E-state index in [0.717, 1.165) is 17.7 Å². The lowest BCUT2D eigenvalue weighted by Gasteiger charge is -2.11. The number of aromatic nitrogens is 3. The Kier molecular flexibility index (Phi) is 7.94. The van der Waals surface area contributed by atoms with Crippen molar-refractivity contribution in [1.29, 1.82) is 0 Å². The number of amides is 1. The Balaban J connectivity index is 1.36. The number of nitrogens with zero attached hydrogens (tertiary/aromatic N) is 3. The Morgan fingerprint density at radius 2 is 2.13 bits per heavy atom. The number of alkyl carbamates (subject to hydrolysis) is 1. The number of nitrogen functional groups attached to an aromatic ring is 1. The first kappa shape index (κ1) is 22.7. The van der Waals surface area contributed by atoms with Crippen LogP contribution in [0.15, 0.2) is 36.7 Å². The number of hydrogen-bond donors (Lipinski definition) is 2. The minimum atomic E-state index is -0.442. The van der Waals surface area contributed by atoms with Crippen LogP contribution in [0.2, 0.25) is 5.15 Å². The zero-order valence-electron chi connectivity index (χ0n) is 17.8. The first-order chi connectivity index (χ1) is 14.9. The molecule has 1 amide bonds. The summed E-state index contributed by atoms with van der Waals surface area (Å²) in [4.78, 5) is 20.5. The predicted octanol–water partition coefficient (Wildman–Crippen LogP) is 4.41. The van der Waals surface area contributed by atoms with Gasteiger partial charge in [-0.2, -0.15) is 0 Å². The van der Waals surface area contributed by atoms with Gasteiger partial charge in [0.25, 0.3) is 0 Å². The molecule has 0 saturated heterocycles. The summed E-state index contributed by atoms with van der Waals surface area (Å²) in [6.45, 7) is 6.24. The smallest absolute Gasteiger partial charge is 0.407 e. The van der Waals surface area contributed by atoms with Crippen LogP contribution in [0.25, 0.3) is 11.2 Å². The van der Waals surface area contributed by atoms with E-state index in [0.29, 0.717) is 60.6 Å². The van der Waals surface area contributed by atoms with Crippen LogP contribution >= 0.6 is 11.6 Å². The lowest BCUT2D eigenvalue weighted by molar-refractivity contribution is 0.143. The van der Waals surface area contributed by atoms with E-state index in [4.69, 9.17) is 26.8 Å². The zero-order chi connectivity index (χ0) is 22.2. The van der Waals surface area contributed by atoms with Crippen LogP contribution in [0.1, 0.15) is 32.3 Å². The number of unbranched alkanes of at least 4 members (excludes halogenated alkanes) is 1. The van der Waals surface area contributed by atoms with Gasteiger partial charge in [-0.25, -0.2) is 14.8 Å². The summed E-state index contributed by atoms with van der Waals surface area (Å²) < 4.78 is 12.9. The van der Waals surface area contributed by atoms with Gasteiger partial charge in [0.1, 0.15) is 16.4 Å². The number of carbonyl (C=O) groups excluding carboxylic acids is 1. The van der Waals surface area contributed by atoms with E-state index in [1.165, 1.54) is 0 Å². The van der Waals surface area contributed by atoms with Crippen LogP contribution in [0.3, 0.4) is 0 Å². The number of benzene rings is 1. The third-order valence-corrected chi connectivity index (χ3v) is 4.71. The van der Waals surface area contributed by atoms with E-state index >= 15 is 0 Å². The minimum Gasteiger partial charge on any atom is -0.493 e. The molecule has 0 spiro atoms. The monoisotopic (exact) mass is 445 g/mol. The lowest BCUT2D eigenvalue weighted by Crippen LogP contribution is -2.24. The van der Waals surface area contributed by atoms with Crippen LogP contribution < -0.4 is 15.8 Å². The third-order valence-electron chi connectivity index (χ3n) is 4.52. The van der Waals surface area contributed by atoms with Gasteiger partial charge in [-0.05, 0) is 36.5 Å². The van der Waals surface area contributed by atoms with E-state index in [-0.39, 0.29) is 0 Å². The largest absolute Gasteiger partial charge is 0.493 e. The summed E-state index contributed by atoms with van der Waals surface area (Å²) in [7, 11) is 0. The summed E-state index contributed by atoms with van der Waals surface area (Å²) in [5, 5.41) is 3.10. The molecule has 166 valence electrons. The molecule has 1 aromatic carbocycles. The van der Waals surface area contributed by atoms with Crippen LogP contribution in [0.4, 0.5) is 10.5 Å². The van der Waals surface area contributed by atoms with Gasteiger partial charge in [-0.1, -0.05) is 37.6 Å². The van der Waals surface area contributed by atoms with Crippen LogP contribution in [-0.4, -0.2) is 33.8 Å². The summed E-state index contributed by atoms with van der Waals surface area (Å²) in [6.07, 6.45) is 2.75. The molecule has 3 N–H and O–H groups in total. The molecule has 0 fully saturated rings. The van der Waals surface area contributed by atoms with Crippen LogP contribution in [-0.2, 0) is 17.8 Å². The number of nitrogens with two attached hydrogens (primary N) is 1. The number of fused-ring (bicyclic) bond motifs is 1. The van der Waals surface area contributed by atoms with Gasteiger partial charge < -0.3 is 25.1 Å². The second kappa shape index (κ2) is 10.9. The number of pyridine rings is 1. The maximum atomic E-state index is 11.9. The molecule has 2 aromatic heterocycles. The Hall–Kier alpha value is -3.00. The molecule has 3 rings (SSSR count). The lowest BCUT2D eigenvalue weighted by atomic mass is 10.2. The molecule has 0 radical (unpaired) electrons. The van der Waals surface area contributed by atoms with Crippen LogP contribution in [0, 0.1) is 5.92 Å². The fourth-order valence-electron chi connectivity index (χ4n) is 2.97. The second-order valence-corrected chi connectivity index (χ2v) is 8.08. The first-order valence-electron chi connectivity index (χ1n) is 10.3. The minimum absolute atomic E-state index is 0.326. The van der Waals surface area contributed by atoms with Gasteiger partial charge in [0.2, 0.25) is 0 Å². The topological polar surface area (TPSA) is 104 Å². The van der Waals surface area contributed by atoms with Gasteiger partial charge in [0, 0.05) is 19.2 Å². The number of nitrogens with one attached hydrogen (secondary N) is 1. The molecule has 0 aliphatic heterocycles. The fraction of sp³-hybridized carbons (Fsp3) is 0.409. The van der Waals surface area contributed by atoms with Crippen molar-refractivity contribution >= 4 is 34.5 Å². The van der Waals surface area contributed by atoms with Crippen molar-refractivity contribution in [3.05, 3.63) is 47.4 Å².